The molecule has 0 atom stereocenters. The van der Waals surface area contributed by atoms with Crippen molar-refractivity contribution in [2.24, 2.45) is 4.99 Å². The topological polar surface area (TPSA) is 64.1 Å². The second kappa shape index (κ2) is 9.94. The molecule has 1 aliphatic heterocycles. The van der Waals surface area contributed by atoms with Gasteiger partial charge in [-0.3, -0.25) is 0 Å². The third-order valence-electron chi connectivity index (χ3n) is 4.32. The Morgan fingerprint density at radius 3 is 2.75 bits per heavy atom. The van der Waals surface area contributed by atoms with Crippen LogP contribution in [-0.2, 0) is 24.3 Å². The number of methoxy groups -OCH3 is 1. The molecule has 0 fully saturated rings. The summed E-state index contributed by atoms with van der Waals surface area (Å²) in [6.07, 6.45) is 0.829. The van der Waals surface area contributed by atoms with E-state index in [2.05, 4.69) is 15.6 Å². The fraction of sp³-hybridized carbons (Fsp3) is 0.381. The fourth-order valence-electron chi connectivity index (χ4n) is 2.93. The molecule has 0 spiro atoms. The second-order valence-electron chi connectivity index (χ2n) is 6.42. The summed E-state index contributed by atoms with van der Waals surface area (Å²) in [5.41, 5.74) is 2.63. The van der Waals surface area contributed by atoms with Crippen molar-refractivity contribution in [2.75, 3.05) is 27.0 Å². The van der Waals surface area contributed by atoms with E-state index < -0.39 is 0 Å². The Morgan fingerprint density at radius 2 is 1.93 bits per heavy atom. The molecule has 0 radical (unpaired) electrons. The number of hydrogen-bond acceptors (Lipinski definition) is 4. The molecule has 28 heavy (non-hydrogen) atoms. The van der Waals surface area contributed by atoms with E-state index in [4.69, 9.17) is 14.2 Å². The molecule has 0 saturated carbocycles. The number of ether oxygens (including phenoxy) is 3. The van der Waals surface area contributed by atoms with Crippen molar-refractivity contribution in [1.29, 1.82) is 0 Å². The van der Waals surface area contributed by atoms with Gasteiger partial charge in [-0.1, -0.05) is 12.1 Å². The standard InChI is InChI=1S/C21H26FN3O3/c1-3-23-21(25-12-16-4-6-18(22)17(10-16)13-26-2)24-9-8-15-5-7-19-20(11-15)28-14-27-19/h4-7,10-11H,3,8-9,12-14H2,1-2H3,(H2,23,24,25). The van der Waals surface area contributed by atoms with Gasteiger partial charge in [-0.2, -0.15) is 0 Å². The largest absolute Gasteiger partial charge is 0.454 e. The van der Waals surface area contributed by atoms with Crippen LogP contribution in [0.2, 0.25) is 0 Å². The Bertz CT molecular complexity index is 827. The van der Waals surface area contributed by atoms with Crippen LogP contribution in [0.5, 0.6) is 11.5 Å². The first-order valence-corrected chi connectivity index (χ1v) is 9.36. The van der Waals surface area contributed by atoms with E-state index in [9.17, 15) is 4.39 Å². The van der Waals surface area contributed by atoms with Crippen molar-refractivity contribution in [3.8, 4) is 11.5 Å². The van der Waals surface area contributed by atoms with Crippen LogP contribution in [0.15, 0.2) is 41.4 Å². The normalized spacial score (nSPS) is 12.9. The molecule has 0 saturated heterocycles. The highest BCUT2D eigenvalue weighted by atomic mass is 19.1. The highest BCUT2D eigenvalue weighted by Gasteiger charge is 2.13. The van der Waals surface area contributed by atoms with Crippen molar-refractivity contribution in [2.45, 2.75) is 26.5 Å². The van der Waals surface area contributed by atoms with Crippen molar-refractivity contribution in [3.63, 3.8) is 0 Å². The molecule has 150 valence electrons. The third-order valence-corrected chi connectivity index (χ3v) is 4.32. The Labute approximate surface area is 164 Å². The predicted molar refractivity (Wildman–Crippen MR) is 106 cm³/mol. The minimum Gasteiger partial charge on any atom is -0.454 e. The SMILES string of the molecule is CCNC(=NCc1ccc(F)c(COC)c1)NCCc1ccc2c(c1)OCO2. The first-order valence-electron chi connectivity index (χ1n) is 9.36. The molecule has 6 nitrogen and oxygen atoms in total. The summed E-state index contributed by atoms with van der Waals surface area (Å²) < 4.78 is 29.5. The van der Waals surface area contributed by atoms with Crippen LogP contribution >= 0.6 is 0 Å². The summed E-state index contributed by atoms with van der Waals surface area (Å²) in [6, 6.07) is 11.0. The van der Waals surface area contributed by atoms with Crippen LogP contribution in [0.3, 0.4) is 0 Å². The zero-order valence-electron chi connectivity index (χ0n) is 16.3. The minimum absolute atomic E-state index is 0.247. The maximum absolute atomic E-state index is 13.7. The molecule has 2 aromatic rings. The minimum atomic E-state index is -0.261. The Kier molecular flexibility index (Phi) is 7.08. The smallest absolute Gasteiger partial charge is 0.231 e. The summed E-state index contributed by atoms with van der Waals surface area (Å²) in [5.74, 6) is 2.05. The number of hydrogen-bond donors (Lipinski definition) is 2. The molecular weight excluding hydrogens is 361 g/mol. The van der Waals surface area contributed by atoms with Gasteiger partial charge in [-0.25, -0.2) is 9.38 Å². The lowest BCUT2D eigenvalue weighted by Crippen LogP contribution is -2.38. The first-order chi connectivity index (χ1) is 13.7. The number of halogens is 1. The van der Waals surface area contributed by atoms with Crippen molar-refractivity contribution in [3.05, 3.63) is 58.9 Å². The third kappa shape index (κ3) is 5.36. The second-order valence-corrected chi connectivity index (χ2v) is 6.42. The lowest BCUT2D eigenvalue weighted by molar-refractivity contribution is 0.174. The number of fused-ring (bicyclic) bond motifs is 1. The molecule has 7 heteroatoms. The Balaban J connectivity index is 1.56. The number of nitrogens with one attached hydrogen (secondary N) is 2. The van der Waals surface area contributed by atoms with Gasteiger partial charge in [0.15, 0.2) is 17.5 Å². The van der Waals surface area contributed by atoms with E-state index in [1.807, 2.05) is 25.1 Å². The van der Waals surface area contributed by atoms with Gasteiger partial charge in [0.05, 0.1) is 13.2 Å². The number of nitrogens with zero attached hydrogens (tertiary/aromatic N) is 1. The molecule has 1 aliphatic rings. The number of benzene rings is 2. The van der Waals surface area contributed by atoms with Gasteiger partial charge in [0.25, 0.3) is 0 Å². The van der Waals surface area contributed by atoms with E-state index in [-0.39, 0.29) is 19.2 Å². The Morgan fingerprint density at radius 1 is 1.11 bits per heavy atom. The average molecular weight is 387 g/mol. The van der Waals surface area contributed by atoms with Gasteiger partial charge in [0, 0.05) is 25.8 Å². The summed E-state index contributed by atoms with van der Waals surface area (Å²) in [6.45, 7) is 4.49. The average Bonchev–Trinajstić information content (AvgIpc) is 3.16. The predicted octanol–water partition coefficient (Wildman–Crippen LogP) is 3.00. The summed E-state index contributed by atoms with van der Waals surface area (Å²) in [4.78, 5) is 4.59. The van der Waals surface area contributed by atoms with Crippen LogP contribution in [0.1, 0.15) is 23.6 Å². The lowest BCUT2D eigenvalue weighted by atomic mass is 10.1. The van der Waals surface area contributed by atoms with Gasteiger partial charge in [-0.15, -0.1) is 0 Å². The monoisotopic (exact) mass is 387 g/mol. The van der Waals surface area contributed by atoms with E-state index in [0.29, 0.717) is 12.1 Å². The molecule has 2 N–H and O–H groups in total. The van der Waals surface area contributed by atoms with E-state index in [1.54, 1.807) is 19.2 Å². The molecule has 0 amide bonds. The summed E-state index contributed by atoms with van der Waals surface area (Å²) >= 11 is 0. The molecule has 0 unspecified atom stereocenters. The number of aliphatic imine (C=N–C) groups is 1. The van der Waals surface area contributed by atoms with E-state index in [0.717, 1.165) is 48.1 Å². The van der Waals surface area contributed by atoms with Crippen LogP contribution in [-0.4, -0.2) is 33.0 Å². The van der Waals surface area contributed by atoms with Gasteiger partial charge in [-0.05, 0) is 48.7 Å². The van der Waals surface area contributed by atoms with E-state index >= 15 is 0 Å². The van der Waals surface area contributed by atoms with Gasteiger partial charge in [0.2, 0.25) is 6.79 Å². The molecule has 2 aromatic carbocycles. The highest BCUT2D eigenvalue weighted by molar-refractivity contribution is 5.79. The summed E-state index contributed by atoms with van der Waals surface area (Å²) in [5, 5.41) is 6.55. The van der Waals surface area contributed by atoms with Crippen LogP contribution in [0.4, 0.5) is 4.39 Å². The van der Waals surface area contributed by atoms with Crippen molar-refractivity contribution >= 4 is 5.96 Å². The zero-order chi connectivity index (χ0) is 19.8. The number of guanidine groups is 1. The molecule has 0 bridgehead atoms. The maximum atomic E-state index is 13.7. The van der Waals surface area contributed by atoms with E-state index in [1.165, 1.54) is 6.07 Å². The molecule has 0 aromatic heterocycles. The van der Waals surface area contributed by atoms with Gasteiger partial charge < -0.3 is 24.8 Å². The maximum Gasteiger partial charge on any atom is 0.231 e. The van der Waals surface area contributed by atoms with Gasteiger partial charge in [0.1, 0.15) is 5.82 Å². The highest BCUT2D eigenvalue weighted by Crippen LogP contribution is 2.32. The first kappa shape index (κ1) is 19.9. The molecular formula is C21H26FN3O3. The quantitative estimate of drug-likeness (QED) is 0.539. The van der Waals surface area contributed by atoms with Crippen molar-refractivity contribution in [1.82, 2.24) is 10.6 Å². The summed E-state index contributed by atoms with van der Waals surface area (Å²) in [7, 11) is 1.55. The zero-order valence-corrected chi connectivity index (χ0v) is 16.3. The lowest BCUT2D eigenvalue weighted by Gasteiger charge is -2.12. The number of rotatable bonds is 8. The fourth-order valence-corrected chi connectivity index (χ4v) is 2.93. The molecule has 1 heterocycles. The van der Waals surface area contributed by atoms with Gasteiger partial charge >= 0.3 is 0 Å². The molecule has 3 rings (SSSR count). The van der Waals surface area contributed by atoms with Crippen molar-refractivity contribution < 1.29 is 18.6 Å². The van der Waals surface area contributed by atoms with Crippen LogP contribution in [0, 0.1) is 5.82 Å². The molecule has 0 aliphatic carbocycles. The Hall–Kier alpha value is -2.80. The van der Waals surface area contributed by atoms with Crippen LogP contribution < -0.4 is 20.1 Å². The van der Waals surface area contributed by atoms with Crippen LogP contribution in [0.25, 0.3) is 0 Å².